The van der Waals surface area contributed by atoms with Crippen LogP contribution in [-0.4, -0.2) is 49.5 Å². The molecule has 1 atom stereocenters. The molecule has 242 valence electrons. The predicted molar refractivity (Wildman–Crippen MR) is 183 cm³/mol. The Morgan fingerprint density at radius 3 is 2.02 bits per heavy atom. The lowest BCUT2D eigenvalue weighted by atomic mass is 10.0. The van der Waals surface area contributed by atoms with E-state index < -0.39 is 39.9 Å². The Morgan fingerprint density at radius 1 is 0.848 bits per heavy atom. The lowest BCUT2D eigenvalue weighted by Crippen LogP contribution is -2.56. The monoisotopic (exact) mass is 661 g/mol. The van der Waals surface area contributed by atoms with Crippen molar-refractivity contribution in [2.45, 2.75) is 62.0 Å². The Labute approximate surface area is 275 Å². The zero-order valence-electron chi connectivity index (χ0n) is 26.7. The molecular weight excluding hydrogens is 622 g/mol. The van der Waals surface area contributed by atoms with Gasteiger partial charge in [-0.3, -0.25) is 13.9 Å². The molecule has 0 bridgehead atoms. The standard InChI is InChI=1S/C36H40FN3O4S2/c1-26-11-17-30(18-12-26)40(46(43,44)32-21-19-31(45-5)20-22-32)25-34(41)39(24-28-13-15-29(37)16-14-28)33(35(42)38-36(2,3)4)23-27-9-7-6-8-10-27/h6-22,33H,23-25H2,1-5H3,(H,38,42)/t33-/m1/s1. The molecule has 2 amide bonds. The molecule has 1 N–H and O–H groups in total. The van der Waals surface area contributed by atoms with Gasteiger partial charge in [-0.2, -0.15) is 0 Å². The average Bonchev–Trinajstić information content (AvgIpc) is 3.02. The number of halogens is 1. The largest absolute Gasteiger partial charge is 0.350 e. The van der Waals surface area contributed by atoms with E-state index in [9.17, 15) is 22.4 Å². The van der Waals surface area contributed by atoms with Gasteiger partial charge in [-0.05, 0) is 93.6 Å². The molecule has 0 spiro atoms. The second kappa shape index (κ2) is 15.0. The van der Waals surface area contributed by atoms with Crippen molar-refractivity contribution in [2.75, 3.05) is 17.1 Å². The third-order valence-electron chi connectivity index (χ3n) is 7.28. The number of carbonyl (C=O) groups is 2. The van der Waals surface area contributed by atoms with Crippen molar-refractivity contribution in [3.05, 3.63) is 126 Å². The number of thioether (sulfide) groups is 1. The number of hydrogen-bond donors (Lipinski definition) is 1. The smallest absolute Gasteiger partial charge is 0.264 e. The normalized spacial score (nSPS) is 12.3. The highest BCUT2D eigenvalue weighted by molar-refractivity contribution is 7.98. The summed E-state index contributed by atoms with van der Waals surface area (Å²) in [5, 5.41) is 3.00. The number of rotatable bonds is 12. The first-order chi connectivity index (χ1) is 21.8. The van der Waals surface area contributed by atoms with Crippen LogP contribution in [0.2, 0.25) is 0 Å². The van der Waals surface area contributed by atoms with Gasteiger partial charge in [-0.1, -0.05) is 60.2 Å². The maximum absolute atomic E-state index is 14.5. The van der Waals surface area contributed by atoms with Gasteiger partial charge in [0.2, 0.25) is 11.8 Å². The first-order valence-electron chi connectivity index (χ1n) is 14.9. The molecule has 0 saturated carbocycles. The number of carbonyl (C=O) groups excluding carboxylic acids is 2. The summed E-state index contributed by atoms with van der Waals surface area (Å²) in [4.78, 5) is 30.8. The van der Waals surface area contributed by atoms with Gasteiger partial charge in [0, 0.05) is 23.4 Å². The molecule has 7 nitrogen and oxygen atoms in total. The van der Waals surface area contributed by atoms with Crippen LogP contribution in [0.5, 0.6) is 0 Å². The Hall–Kier alpha value is -4.15. The van der Waals surface area contributed by atoms with E-state index in [-0.39, 0.29) is 23.8 Å². The molecule has 46 heavy (non-hydrogen) atoms. The number of aryl methyl sites for hydroxylation is 1. The molecule has 10 heteroatoms. The highest BCUT2D eigenvalue weighted by Crippen LogP contribution is 2.27. The minimum Gasteiger partial charge on any atom is -0.350 e. The average molecular weight is 662 g/mol. The van der Waals surface area contributed by atoms with E-state index in [1.54, 1.807) is 48.5 Å². The minimum absolute atomic E-state index is 0.0371. The van der Waals surface area contributed by atoms with Gasteiger partial charge < -0.3 is 10.2 Å². The van der Waals surface area contributed by atoms with Crippen LogP contribution >= 0.6 is 11.8 Å². The Bertz CT molecular complexity index is 1720. The second-order valence-corrected chi connectivity index (χ2v) is 14.9. The number of sulfonamides is 1. The van der Waals surface area contributed by atoms with Crippen LogP contribution in [0.15, 0.2) is 113 Å². The van der Waals surface area contributed by atoms with E-state index in [1.807, 2.05) is 64.3 Å². The molecule has 0 fully saturated rings. The molecule has 0 aliphatic heterocycles. The maximum Gasteiger partial charge on any atom is 0.264 e. The Morgan fingerprint density at radius 2 is 1.46 bits per heavy atom. The summed E-state index contributed by atoms with van der Waals surface area (Å²) in [7, 11) is -4.21. The lowest BCUT2D eigenvalue weighted by molar-refractivity contribution is -0.140. The van der Waals surface area contributed by atoms with E-state index in [2.05, 4.69) is 5.32 Å². The van der Waals surface area contributed by atoms with E-state index in [1.165, 1.54) is 40.9 Å². The number of anilines is 1. The predicted octanol–water partition coefficient (Wildman–Crippen LogP) is 6.61. The van der Waals surface area contributed by atoms with Crippen molar-refractivity contribution in [2.24, 2.45) is 0 Å². The van der Waals surface area contributed by atoms with Gasteiger partial charge in [-0.15, -0.1) is 11.8 Å². The summed E-state index contributed by atoms with van der Waals surface area (Å²) >= 11 is 1.49. The quantitative estimate of drug-likeness (QED) is 0.173. The topological polar surface area (TPSA) is 86.8 Å². The van der Waals surface area contributed by atoms with Gasteiger partial charge in [-0.25, -0.2) is 12.8 Å². The molecule has 0 aromatic heterocycles. The van der Waals surface area contributed by atoms with Crippen LogP contribution in [0.1, 0.15) is 37.5 Å². The van der Waals surface area contributed by atoms with E-state index in [0.29, 0.717) is 11.3 Å². The Balaban J connectivity index is 1.81. The van der Waals surface area contributed by atoms with Crippen molar-refractivity contribution in [1.29, 1.82) is 0 Å². The van der Waals surface area contributed by atoms with Gasteiger partial charge >= 0.3 is 0 Å². The fourth-order valence-electron chi connectivity index (χ4n) is 4.91. The summed E-state index contributed by atoms with van der Waals surface area (Å²) < 4.78 is 43.3. The van der Waals surface area contributed by atoms with Crippen molar-refractivity contribution in [3.63, 3.8) is 0 Å². The Kier molecular flexibility index (Phi) is 11.3. The van der Waals surface area contributed by atoms with Gasteiger partial charge in [0.05, 0.1) is 10.6 Å². The minimum atomic E-state index is -4.21. The van der Waals surface area contributed by atoms with Gasteiger partial charge in [0.15, 0.2) is 0 Å². The summed E-state index contributed by atoms with van der Waals surface area (Å²) in [6.07, 6.45) is 2.08. The first kappa shape index (κ1) is 34.7. The maximum atomic E-state index is 14.5. The number of amides is 2. The zero-order valence-corrected chi connectivity index (χ0v) is 28.4. The lowest BCUT2D eigenvalue weighted by Gasteiger charge is -2.35. The van der Waals surface area contributed by atoms with Crippen LogP contribution in [0, 0.1) is 12.7 Å². The third kappa shape index (κ3) is 9.20. The molecule has 4 rings (SSSR count). The highest BCUT2D eigenvalue weighted by Gasteiger charge is 2.35. The van der Waals surface area contributed by atoms with Crippen LogP contribution in [0.3, 0.4) is 0 Å². The van der Waals surface area contributed by atoms with E-state index in [0.717, 1.165) is 20.3 Å². The molecule has 0 radical (unpaired) electrons. The molecule has 4 aromatic carbocycles. The number of nitrogens with zero attached hydrogens (tertiary/aromatic N) is 2. The second-order valence-electron chi connectivity index (χ2n) is 12.1. The van der Waals surface area contributed by atoms with Crippen molar-refractivity contribution >= 4 is 39.3 Å². The van der Waals surface area contributed by atoms with Crippen molar-refractivity contribution in [1.82, 2.24) is 10.2 Å². The molecule has 4 aromatic rings. The van der Waals surface area contributed by atoms with Crippen molar-refractivity contribution < 1.29 is 22.4 Å². The van der Waals surface area contributed by atoms with E-state index in [4.69, 9.17) is 0 Å². The third-order valence-corrected chi connectivity index (χ3v) is 9.82. The summed E-state index contributed by atoms with van der Waals surface area (Å²) in [5.74, 6) is -1.40. The number of hydrogen-bond acceptors (Lipinski definition) is 5. The van der Waals surface area contributed by atoms with Crippen LogP contribution in [-0.2, 0) is 32.6 Å². The molecule has 0 heterocycles. The van der Waals surface area contributed by atoms with Gasteiger partial charge in [0.1, 0.15) is 18.4 Å². The van der Waals surface area contributed by atoms with Crippen LogP contribution in [0.25, 0.3) is 0 Å². The molecule has 0 aliphatic rings. The van der Waals surface area contributed by atoms with Crippen molar-refractivity contribution in [3.8, 4) is 0 Å². The summed E-state index contributed by atoms with van der Waals surface area (Å²) in [5.41, 5.74) is 2.06. The summed E-state index contributed by atoms with van der Waals surface area (Å²) in [6.45, 7) is 6.84. The fraction of sp³-hybridized carbons (Fsp3) is 0.278. The van der Waals surface area contributed by atoms with Crippen LogP contribution in [0.4, 0.5) is 10.1 Å². The highest BCUT2D eigenvalue weighted by atomic mass is 32.2. The molecule has 0 unspecified atom stereocenters. The molecule has 0 saturated heterocycles. The zero-order chi connectivity index (χ0) is 33.5. The molecular formula is C36H40FN3O4S2. The number of nitrogens with one attached hydrogen (secondary N) is 1. The van der Waals surface area contributed by atoms with Crippen LogP contribution < -0.4 is 9.62 Å². The molecule has 0 aliphatic carbocycles. The fourth-order valence-corrected chi connectivity index (χ4v) is 6.73. The van der Waals surface area contributed by atoms with Gasteiger partial charge in [0.25, 0.3) is 10.0 Å². The number of benzene rings is 4. The van der Waals surface area contributed by atoms with E-state index >= 15 is 0 Å². The SMILES string of the molecule is CSc1ccc(S(=O)(=O)N(CC(=O)N(Cc2ccc(F)cc2)[C@H](Cc2ccccc2)C(=O)NC(C)(C)C)c2ccc(C)cc2)cc1. The summed E-state index contributed by atoms with van der Waals surface area (Å²) in [6, 6.07) is 27.4. The first-order valence-corrected chi connectivity index (χ1v) is 17.6.